The fourth-order valence-corrected chi connectivity index (χ4v) is 5.37. The number of amides is 3. The third-order valence-corrected chi connectivity index (χ3v) is 7.77. The molecule has 1 fully saturated rings. The van der Waals surface area contributed by atoms with Crippen LogP contribution in [-0.2, 0) is 17.9 Å². The Hall–Kier alpha value is -3.19. The number of hydrogen-bond acceptors (Lipinski definition) is 3. The summed E-state index contributed by atoms with van der Waals surface area (Å²) in [5, 5.41) is 5.02. The predicted molar refractivity (Wildman–Crippen MR) is 143 cm³/mol. The van der Waals surface area contributed by atoms with E-state index in [1.165, 1.54) is 12.1 Å². The Bertz CT molecular complexity index is 1160. The van der Waals surface area contributed by atoms with Crippen molar-refractivity contribution in [1.82, 2.24) is 9.80 Å². The number of urea groups is 1. The molecule has 3 amide bonds. The van der Waals surface area contributed by atoms with Crippen molar-refractivity contribution in [3.05, 3.63) is 87.4 Å². The summed E-state index contributed by atoms with van der Waals surface area (Å²) < 4.78 is 13.5. The van der Waals surface area contributed by atoms with Gasteiger partial charge in [-0.1, -0.05) is 43.5 Å². The van der Waals surface area contributed by atoms with Crippen LogP contribution < -0.4 is 5.32 Å². The molecule has 0 bridgehead atoms. The largest absolute Gasteiger partial charge is 0.332 e. The lowest BCUT2D eigenvalue weighted by Gasteiger charge is -2.35. The number of benzene rings is 2. The maximum atomic E-state index is 13.7. The number of halogens is 1. The maximum Gasteiger partial charge on any atom is 0.322 e. The first kappa shape index (κ1) is 25.9. The van der Waals surface area contributed by atoms with Crippen molar-refractivity contribution >= 4 is 29.0 Å². The lowest BCUT2D eigenvalue weighted by atomic mass is 9.94. The van der Waals surface area contributed by atoms with Crippen molar-refractivity contribution in [2.24, 2.45) is 0 Å². The van der Waals surface area contributed by atoms with E-state index in [1.807, 2.05) is 49.6 Å². The maximum absolute atomic E-state index is 13.7. The summed E-state index contributed by atoms with van der Waals surface area (Å²) in [5.41, 5.74) is 3.86. The van der Waals surface area contributed by atoms with Crippen LogP contribution in [0.2, 0.25) is 0 Å². The fraction of sp³-hybridized carbons (Fsp3) is 0.379. The molecule has 0 radical (unpaired) electrons. The van der Waals surface area contributed by atoms with E-state index < -0.39 is 0 Å². The summed E-state index contributed by atoms with van der Waals surface area (Å²) in [7, 11) is 0. The average Bonchev–Trinajstić information content (AvgIpc) is 3.39. The molecule has 1 N–H and O–H groups in total. The summed E-state index contributed by atoms with van der Waals surface area (Å²) in [4.78, 5) is 31.7. The van der Waals surface area contributed by atoms with Gasteiger partial charge in [-0.25, -0.2) is 9.18 Å². The Morgan fingerprint density at radius 1 is 0.972 bits per heavy atom. The van der Waals surface area contributed by atoms with E-state index in [4.69, 9.17) is 0 Å². The zero-order chi connectivity index (χ0) is 25.5. The molecule has 36 heavy (non-hydrogen) atoms. The van der Waals surface area contributed by atoms with Crippen LogP contribution in [0.1, 0.15) is 53.7 Å². The van der Waals surface area contributed by atoms with Crippen molar-refractivity contribution in [2.75, 3.05) is 11.9 Å². The minimum absolute atomic E-state index is 0.00785. The van der Waals surface area contributed by atoms with Crippen molar-refractivity contribution in [1.29, 1.82) is 0 Å². The van der Waals surface area contributed by atoms with Gasteiger partial charge in [0, 0.05) is 23.2 Å². The normalized spacial score (nSPS) is 13.9. The van der Waals surface area contributed by atoms with Crippen molar-refractivity contribution in [3.63, 3.8) is 0 Å². The number of thiophene rings is 1. The number of hydrogen-bond donors (Lipinski definition) is 1. The second kappa shape index (κ2) is 12.2. The van der Waals surface area contributed by atoms with Gasteiger partial charge in [0.15, 0.2) is 0 Å². The molecule has 7 heteroatoms. The van der Waals surface area contributed by atoms with Gasteiger partial charge >= 0.3 is 6.03 Å². The highest BCUT2D eigenvalue weighted by atomic mass is 32.1. The standard InChI is InChI=1S/C29H34FN3O2S/c1-21-10-15-25(17-22(21)2)31-29(35)33(26-7-4-3-5-8-26)20-28(34)32(19-27-9-6-16-36-27)18-23-11-13-24(30)14-12-23/h6,9-17,26H,3-5,7-8,18-20H2,1-2H3,(H,31,35). The molecular formula is C29H34FN3O2S. The highest BCUT2D eigenvalue weighted by Gasteiger charge is 2.29. The van der Waals surface area contributed by atoms with Crippen molar-refractivity contribution < 1.29 is 14.0 Å². The van der Waals surface area contributed by atoms with Gasteiger partial charge in [-0.05, 0) is 79.1 Å². The van der Waals surface area contributed by atoms with Crippen LogP contribution in [0.15, 0.2) is 60.0 Å². The molecule has 1 aliphatic carbocycles. The van der Waals surface area contributed by atoms with Crippen LogP contribution in [-0.4, -0.2) is 34.3 Å². The van der Waals surface area contributed by atoms with Gasteiger partial charge in [-0.15, -0.1) is 11.3 Å². The van der Waals surface area contributed by atoms with Gasteiger partial charge < -0.3 is 15.1 Å². The predicted octanol–water partition coefficient (Wildman–Crippen LogP) is 6.90. The molecule has 1 aromatic heterocycles. The Balaban J connectivity index is 1.54. The van der Waals surface area contributed by atoms with Crippen LogP contribution in [0.25, 0.3) is 0 Å². The van der Waals surface area contributed by atoms with E-state index in [-0.39, 0.29) is 30.3 Å². The van der Waals surface area contributed by atoms with Crippen LogP contribution in [0.5, 0.6) is 0 Å². The van der Waals surface area contributed by atoms with Crippen molar-refractivity contribution in [2.45, 2.75) is 65.1 Å². The molecule has 0 atom stereocenters. The van der Waals surface area contributed by atoms with E-state index in [1.54, 1.807) is 33.3 Å². The first-order valence-corrected chi connectivity index (χ1v) is 13.5. The fourth-order valence-electron chi connectivity index (χ4n) is 4.65. The SMILES string of the molecule is Cc1ccc(NC(=O)N(CC(=O)N(Cc2ccc(F)cc2)Cc2cccs2)C2CCCCC2)cc1C. The number of nitrogens with zero attached hydrogens (tertiary/aromatic N) is 2. The van der Waals surface area contributed by atoms with E-state index >= 15 is 0 Å². The average molecular weight is 508 g/mol. The third-order valence-electron chi connectivity index (χ3n) is 6.91. The minimum Gasteiger partial charge on any atom is -0.332 e. The summed E-state index contributed by atoms with van der Waals surface area (Å²) in [6.45, 7) is 4.87. The van der Waals surface area contributed by atoms with Crippen LogP contribution in [0.4, 0.5) is 14.9 Å². The number of aryl methyl sites for hydroxylation is 2. The zero-order valence-corrected chi connectivity index (χ0v) is 21.8. The first-order valence-electron chi connectivity index (χ1n) is 12.6. The molecule has 0 unspecified atom stereocenters. The number of nitrogens with one attached hydrogen (secondary N) is 1. The van der Waals surface area contributed by atoms with E-state index in [9.17, 15) is 14.0 Å². The van der Waals surface area contributed by atoms with Crippen molar-refractivity contribution in [3.8, 4) is 0 Å². The molecule has 1 heterocycles. The Kier molecular flexibility index (Phi) is 8.75. The lowest BCUT2D eigenvalue weighted by molar-refractivity contribution is -0.133. The molecular weight excluding hydrogens is 473 g/mol. The summed E-state index contributed by atoms with van der Waals surface area (Å²) in [5.74, 6) is -0.421. The van der Waals surface area contributed by atoms with Crippen LogP contribution in [0.3, 0.4) is 0 Å². The van der Waals surface area contributed by atoms with Gasteiger partial charge in [-0.2, -0.15) is 0 Å². The summed E-state index contributed by atoms with van der Waals surface area (Å²) in [6, 6.07) is 15.8. The van der Waals surface area contributed by atoms with E-state index in [2.05, 4.69) is 5.32 Å². The summed E-state index contributed by atoms with van der Waals surface area (Å²) in [6.07, 6.45) is 5.07. The highest BCUT2D eigenvalue weighted by molar-refractivity contribution is 7.09. The van der Waals surface area contributed by atoms with Gasteiger partial charge in [-0.3, -0.25) is 4.79 Å². The number of carbonyl (C=O) groups excluding carboxylic acids is 2. The van der Waals surface area contributed by atoms with E-state index in [0.29, 0.717) is 13.1 Å². The molecule has 0 spiro atoms. The lowest BCUT2D eigenvalue weighted by Crippen LogP contribution is -2.49. The quantitative estimate of drug-likeness (QED) is 0.361. The molecule has 2 aromatic carbocycles. The molecule has 4 rings (SSSR count). The Morgan fingerprint density at radius 2 is 1.72 bits per heavy atom. The zero-order valence-electron chi connectivity index (χ0n) is 21.0. The molecule has 1 aliphatic rings. The molecule has 1 saturated carbocycles. The first-order chi connectivity index (χ1) is 17.4. The molecule has 0 saturated heterocycles. The van der Waals surface area contributed by atoms with Gasteiger partial charge in [0.1, 0.15) is 12.4 Å². The van der Waals surface area contributed by atoms with E-state index in [0.717, 1.165) is 59.4 Å². The topological polar surface area (TPSA) is 52.7 Å². The smallest absolute Gasteiger partial charge is 0.322 e. The number of carbonyl (C=O) groups is 2. The minimum atomic E-state index is -0.304. The molecule has 3 aromatic rings. The molecule has 0 aliphatic heterocycles. The number of anilines is 1. The van der Waals surface area contributed by atoms with Crippen LogP contribution >= 0.6 is 11.3 Å². The van der Waals surface area contributed by atoms with Crippen LogP contribution in [0, 0.1) is 19.7 Å². The Morgan fingerprint density at radius 3 is 2.39 bits per heavy atom. The second-order valence-corrected chi connectivity index (χ2v) is 10.6. The third kappa shape index (κ3) is 6.94. The molecule has 5 nitrogen and oxygen atoms in total. The summed E-state index contributed by atoms with van der Waals surface area (Å²) >= 11 is 1.59. The second-order valence-electron chi connectivity index (χ2n) is 9.60. The highest BCUT2D eigenvalue weighted by Crippen LogP contribution is 2.25. The monoisotopic (exact) mass is 507 g/mol. The van der Waals surface area contributed by atoms with Gasteiger partial charge in [0.25, 0.3) is 0 Å². The molecule has 190 valence electrons. The van der Waals surface area contributed by atoms with Gasteiger partial charge in [0.2, 0.25) is 5.91 Å². The van der Waals surface area contributed by atoms with Gasteiger partial charge in [0.05, 0.1) is 6.54 Å². The number of rotatable bonds is 8. The Labute approximate surface area is 216 Å².